The third-order valence-corrected chi connectivity index (χ3v) is 3.67. The minimum atomic E-state index is 0.755. The van der Waals surface area contributed by atoms with Crippen LogP contribution in [0, 0.1) is 0 Å². The molecular formula is C14H15BrN4. The van der Waals surface area contributed by atoms with Crippen LogP contribution in [0.1, 0.15) is 24.6 Å². The van der Waals surface area contributed by atoms with Crippen molar-refractivity contribution in [2.75, 3.05) is 11.9 Å². The van der Waals surface area contributed by atoms with Crippen LogP contribution in [-0.2, 0) is 12.8 Å². The fourth-order valence-electron chi connectivity index (χ4n) is 2.41. The summed E-state index contributed by atoms with van der Waals surface area (Å²) in [4.78, 5) is 13.5. The molecule has 0 fully saturated rings. The molecule has 0 saturated carbocycles. The van der Waals surface area contributed by atoms with E-state index in [0.29, 0.717) is 0 Å². The molecule has 2 heterocycles. The van der Waals surface area contributed by atoms with E-state index in [2.05, 4.69) is 38.1 Å². The highest BCUT2D eigenvalue weighted by molar-refractivity contribution is 9.10. The van der Waals surface area contributed by atoms with E-state index in [4.69, 9.17) is 4.98 Å². The average molecular weight is 319 g/mol. The maximum absolute atomic E-state index is 4.70. The number of hydrogen-bond acceptors (Lipinski definition) is 4. The Labute approximate surface area is 120 Å². The zero-order valence-corrected chi connectivity index (χ0v) is 12.4. The predicted octanol–water partition coefficient (Wildman–Crippen LogP) is 3.22. The lowest BCUT2D eigenvalue weighted by Gasteiger charge is -2.11. The summed E-state index contributed by atoms with van der Waals surface area (Å²) in [7, 11) is 0. The smallest absolute Gasteiger partial charge is 0.163 e. The Bertz CT molecular complexity index is 612. The molecule has 98 valence electrons. The predicted molar refractivity (Wildman–Crippen MR) is 79.2 cm³/mol. The van der Waals surface area contributed by atoms with Crippen LogP contribution in [0.2, 0.25) is 0 Å². The van der Waals surface area contributed by atoms with Gasteiger partial charge in [-0.2, -0.15) is 0 Å². The van der Waals surface area contributed by atoms with Gasteiger partial charge in [-0.15, -0.1) is 0 Å². The van der Waals surface area contributed by atoms with Crippen molar-refractivity contribution in [3.05, 3.63) is 34.2 Å². The second kappa shape index (κ2) is 5.25. The van der Waals surface area contributed by atoms with Gasteiger partial charge in [0.25, 0.3) is 0 Å². The van der Waals surface area contributed by atoms with Gasteiger partial charge < -0.3 is 5.32 Å². The molecular weight excluding hydrogens is 304 g/mol. The molecule has 0 atom stereocenters. The van der Waals surface area contributed by atoms with Crippen molar-refractivity contribution >= 4 is 21.7 Å². The van der Waals surface area contributed by atoms with Gasteiger partial charge in [0.15, 0.2) is 5.82 Å². The van der Waals surface area contributed by atoms with E-state index in [1.807, 2.05) is 6.07 Å². The van der Waals surface area contributed by atoms with E-state index in [1.165, 1.54) is 17.7 Å². The molecule has 2 aromatic rings. The molecule has 1 aliphatic carbocycles. The summed E-state index contributed by atoms with van der Waals surface area (Å²) in [6.07, 6.45) is 6.86. The first-order valence-corrected chi connectivity index (χ1v) is 7.32. The van der Waals surface area contributed by atoms with Crippen molar-refractivity contribution in [2.24, 2.45) is 0 Å². The van der Waals surface area contributed by atoms with Crippen LogP contribution in [0.15, 0.2) is 22.9 Å². The Hall–Kier alpha value is -1.49. The number of rotatable bonds is 3. The van der Waals surface area contributed by atoms with E-state index in [9.17, 15) is 0 Å². The molecule has 19 heavy (non-hydrogen) atoms. The molecule has 0 aliphatic heterocycles. The summed E-state index contributed by atoms with van der Waals surface area (Å²) >= 11 is 3.44. The molecule has 4 nitrogen and oxygen atoms in total. The van der Waals surface area contributed by atoms with Gasteiger partial charge in [0.2, 0.25) is 0 Å². The maximum Gasteiger partial charge on any atom is 0.163 e. The van der Waals surface area contributed by atoms with Crippen LogP contribution in [0.4, 0.5) is 5.82 Å². The molecule has 1 aliphatic rings. The summed E-state index contributed by atoms with van der Waals surface area (Å²) in [6, 6.07) is 2.00. The van der Waals surface area contributed by atoms with Gasteiger partial charge in [-0.25, -0.2) is 9.97 Å². The van der Waals surface area contributed by atoms with Crippen LogP contribution >= 0.6 is 15.9 Å². The minimum absolute atomic E-state index is 0.755. The Morgan fingerprint density at radius 1 is 1.26 bits per heavy atom. The molecule has 5 heteroatoms. The maximum atomic E-state index is 4.70. The van der Waals surface area contributed by atoms with Crippen molar-refractivity contribution in [3.63, 3.8) is 0 Å². The lowest BCUT2D eigenvalue weighted by molar-refractivity contribution is 0.899. The number of pyridine rings is 1. The highest BCUT2D eigenvalue weighted by atomic mass is 79.9. The van der Waals surface area contributed by atoms with Gasteiger partial charge in [-0.1, -0.05) is 0 Å². The molecule has 0 saturated heterocycles. The normalized spacial score (nSPS) is 13.4. The lowest BCUT2D eigenvalue weighted by Crippen LogP contribution is -2.06. The molecule has 0 radical (unpaired) electrons. The number of nitrogens with zero attached hydrogens (tertiary/aromatic N) is 3. The van der Waals surface area contributed by atoms with Crippen LogP contribution in [-0.4, -0.2) is 21.5 Å². The topological polar surface area (TPSA) is 50.7 Å². The summed E-state index contributed by atoms with van der Waals surface area (Å²) < 4.78 is 0.944. The summed E-state index contributed by atoms with van der Waals surface area (Å²) in [5, 5.41) is 3.35. The van der Waals surface area contributed by atoms with Crippen molar-refractivity contribution in [3.8, 4) is 11.4 Å². The Kier molecular flexibility index (Phi) is 3.46. The largest absolute Gasteiger partial charge is 0.370 e. The second-order valence-corrected chi connectivity index (χ2v) is 5.51. The van der Waals surface area contributed by atoms with E-state index >= 15 is 0 Å². The van der Waals surface area contributed by atoms with Crippen molar-refractivity contribution < 1.29 is 0 Å². The number of aryl methyl sites for hydroxylation is 1. The zero-order valence-electron chi connectivity index (χ0n) is 10.8. The van der Waals surface area contributed by atoms with E-state index in [0.717, 1.165) is 41.1 Å². The van der Waals surface area contributed by atoms with Gasteiger partial charge >= 0.3 is 0 Å². The SMILES string of the molecule is CCNc1nc(-c2cncc(Br)c2)nc2c1CCC2. The molecule has 1 N–H and O–H groups in total. The third-order valence-electron chi connectivity index (χ3n) is 3.24. The molecule has 0 spiro atoms. The third kappa shape index (κ3) is 2.47. The molecule has 0 amide bonds. The molecule has 2 aromatic heterocycles. The quantitative estimate of drug-likeness (QED) is 0.944. The van der Waals surface area contributed by atoms with Gasteiger partial charge in [0, 0.05) is 40.2 Å². The minimum Gasteiger partial charge on any atom is -0.370 e. The molecule has 0 unspecified atom stereocenters. The number of aromatic nitrogens is 3. The summed E-state index contributed by atoms with van der Waals surface area (Å²) in [5.41, 5.74) is 3.41. The van der Waals surface area contributed by atoms with Crippen LogP contribution < -0.4 is 5.32 Å². The first-order valence-electron chi connectivity index (χ1n) is 6.52. The average Bonchev–Trinajstić information content (AvgIpc) is 2.87. The van der Waals surface area contributed by atoms with Crippen molar-refractivity contribution in [2.45, 2.75) is 26.2 Å². The summed E-state index contributed by atoms with van der Waals surface area (Å²) in [6.45, 7) is 2.96. The fraction of sp³-hybridized carbons (Fsp3) is 0.357. The number of nitrogens with one attached hydrogen (secondary N) is 1. The number of hydrogen-bond donors (Lipinski definition) is 1. The molecule has 0 bridgehead atoms. The monoisotopic (exact) mass is 318 g/mol. The van der Waals surface area contributed by atoms with Crippen LogP contribution in [0.3, 0.4) is 0 Å². The van der Waals surface area contributed by atoms with E-state index in [1.54, 1.807) is 12.4 Å². The number of anilines is 1. The highest BCUT2D eigenvalue weighted by Gasteiger charge is 2.19. The van der Waals surface area contributed by atoms with Gasteiger partial charge in [-0.05, 0) is 48.2 Å². The number of fused-ring (bicyclic) bond motifs is 1. The van der Waals surface area contributed by atoms with E-state index < -0.39 is 0 Å². The number of halogens is 1. The van der Waals surface area contributed by atoms with Gasteiger partial charge in [0.1, 0.15) is 5.82 Å². The Morgan fingerprint density at radius 2 is 2.16 bits per heavy atom. The fourth-order valence-corrected chi connectivity index (χ4v) is 2.77. The lowest BCUT2D eigenvalue weighted by atomic mass is 10.2. The second-order valence-electron chi connectivity index (χ2n) is 4.60. The molecule has 3 rings (SSSR count). The van der Waals surface area contributed by atoms with Crippen molar-refractivity contribution in [1.82, 2.24) is 15.0 Å². The van der Waals surface area contributed by atoms with Crippen molar-refractivity contribution in [1.29, 1.82) is 0 Å². The standard InChI is InChI=1S/C14H15BrN4/c1-2-17-14-11-4-3-5-12(11)18-13(19-14)9-6-10(15)8-16-7-9/h6-8H,2-5H2,1H3,(H,17,18,19). The van der Waals surface area contributed by atoms with Crippen LogP contribution in [0.5, 0.6) is 0 Å². The first kappa shape index (κ1) is 12.5. The van der Waals surface area contributed by atoms with Gasteiger partial charge in [-0.3, -0.25) is 4.98 Å². The molecule has 0 aromatic carbocycles. The highest BCUT2D eigenvalue weighted by Crippen LogP contribution is 2.29. The first-order chi connectivity index (χ1) is 9.28. The Morgan fingerprint density at radius 3 is 2.95 bits per heavy atom. The summed E-state index contributed by atoms with van der Waals surface area (Å²) in [5.74, 6) is 1.74. The zero-order chi connectivity index (χ0) is 13.2. The van der Waals surface area contributed by atoms with E-state index in [-0.39, 0.29) is 0 Å². The van der Waals surface area contributed by atoms with Crippen LogP contribution in [0.25, 0.3) is 11.4 Å². The Balaban J connectivity index is 2.10. The van der Waals surface area contributed by atoms with Gasteiger partial charge in [0.05, 0.1) is 0 Å².